The van der Waals surface area contributed by atoms with Crippen LogP contribution < -0.4 is 10.4 Å². The van der Waals surface area contributed by atoms with E-state index in [9.17, 15) is 0 Å². The van der Waals surface area contributed by atoms with Crippen LogP contribution in [0.5, 0.6) is 0 Å². The first-order valence-electron chi connectivity index (χ1n) is 8.51. The number of unbranched alkanes of at least 4 members (excludes halogenated alkanes) is 1. The highest BCUT2D eigenvalue weighted by molar-refractivity contribution is 5.94. The molecule has 0 bridgehead atoms. The molecule has 2 aromatic carbocycles. The van der Waals surface area contributed by atoms with Gasteiger partial charge in [0.1, 0.15) is 0 Å². The van der Waals surface area contributed by atoms with E-state index in [1.807, 2.05) is 0 Å². The van der Waals surface area contributed by atoms with Crippen LogP contribution in [0.15, 0.2) is 30.3 Å². The van der Waals surface area contributed by atoms with Crippen LogP contribution in [0.3, 0.4) is 0 Å². The van der Waals surface area contributed by atoms with E-state index < -0.39 is 0 Å². The molecule has 1 aliphatic rings. The first-order chi connectivity index (χ1) is 11.1. The Kier molecular flexibility index (Phi) is 4.31. The van der Waals surface area contributed by atoms with Gasteiger partial charge in [-0.05, 0) is 48.9 Å². The quantitative estimate of drug-likeness (QED) is 0.863. The van der Waals surface area contributed by atoms with Crippen LogP contribution in [0.1, 0.15) is 36.5 Å². The van der Waals surface area contributed by atoms with Gasteiger partial charge in [0.2, 0.25) is 0 Å². The molecule has 0 aromatic heterocycles. The fourth-order valence-corrected chi connectivity index (χ4v) is 3.54. The number of anilines is 2. The van der Waals surface area contributed by atoms with E-state index in [0.29, 0.717) is 0 Å². The summed E-state index contributed by atoms with van der Waals surface area (Å²) in [7, 11) is 4.18. The highest BCUT2D eigenvalue weighted by Gasteiger charge is 2.29. The molecule has 0 unspecified atom stereocenters. The molecule has 0 aliphatic carbocycles. The number of hydrazine groups is 2. The number of nitrogens with zero attached hydrogens (tertiary/aromatic N) is 2. The van der Waals surface area contributed by atoms with Gasteiger partial charge in [-0.25, -0.2) is 0 Å². The molecule has 0 radical (unpaired) electrons. The maximum absolute atomic E-state index is 3.56. The smallest absolute Gasteiger partial charge is 0.0839 e. The highest BCUT2D eigenvalue weighted by Crippen LogP contribution is 2.47. The molecule has 0 saturated heterocycles. The zero-order chi connectivity index (χ0) is 16.6. The Morgan fingerprint density at radius 3 is 2.35 bits per heavy atom. The van der Waals surface area contributed by atoms with Crippen LogP contribution in [-0.2, 0) is 6.42 Å². The minimum Gasteiger partial charge on any atom is -0.299 e. The average Bonchev–Trinajstić information content (AvgIpc) is 2.85. The second-order valence-corrected chi connectivity index (χ2v) is 6.46. The van der Waals surface area contributed by atoms with E-state index >= 15 is 0 Å². The standard InChI is InChI=1S/C20H27N3/c1-6-7-13-17-14(2)15(3)20-19(21-23(5)22(20)4)18(17)16-11-9-8-10-12-16/h8-12,21H,6-7,13H2,1-5H3. The summed E-state index contributed by atoms with van der Waals surface area (Å²) < 4.78 is 0. The summed E-state index contributed by atoms with van der Waals surface area (Å²) in [5, 5.41) is 4.26. The van der Waals surface area contributed by atoms with Crippen molar-refractivity contribution in [1.29, 1.82) is 0 Å². The lowest BCUT2D eigenvalue weighted by molar-refractivity contribution is 0.412. The fourth-order valence-electron chi connectivity index (χ4n) is 3.54. The van der Waals surface area contributed by atoms with Gasteiger partial charge in [0.05, 0.1) is 11.4 Å². The molecule has 23 heavy (non-hydrogen) atoms. The van der Waals surface area contributed by atoms with Gasteiger partial charge < -0.3 is 0 Å². The number of nitrogens with one attached hydrogen (secondary N) is 1. The summed E-state index contributed by atoms with van der Waals surface area (Å²) >= 11 is 0. The summed E-state index contributed by atoms with van der Waals surface area (Å²) in [6.45, 7) is 6.78. The highest BCUT2D eigenvalue weighted by atomic mass is 15.8. The Morgan fingerprint density at radius 2 is 1.70 bits per heavy atom. The van der Waals surface area contributed by atoms with Crippen LogP contribution in [0.25, 0.3) is 11.1 Å². The molecule has 0 fully saturated rings. The van der Waals surface area contributed by atoms with Crippen molar-refractivity contribution in [3.63, 3.8) is 0 Å². The summed E-state index contributed by atoms with van der Waals surface area (Å²) in [5.74, 6) is 0. The maximum atomic E-state index is 3.56. The van der Waals surface area contributed by atoms with Crippen molar-refractivity contribution in [3.8, 4) is 11.1 Å². The van der Waals surface area contributed by atoms with Gasteiger partial charge in [0.25, 0.3) is 0 Å². The lowest BCUT2D eigenvalue weighted by Crippen LogP contribution is -2.34. The predicted molar refractivity (Wildman–Crippen MR) is 99.8 cm³/mol. The SMILES string of the molecule is CCCCc1c(C)c(C)c2c(c1-c1ccccc1)NN(C)N2C. The Labute approximate surface area is 139 Å². The molecule has 3 rings (SSSR count). The van der Waals surface area contributed by atoms with Crippen molar-refractivity contribution in [3.05, 3.63) is 47.0 Å². The van der Waals surface area contributed by atoms with Crippen molar-refractivity contribution in [2.45, 2.75) is 40.0 Å². The van der Waals surface area contributed by atoms with Gasteiger partial charge in [-0.15, -0.1) is 5.12 Å². The zero-order valence-corrected chi connectivity index (χ0v) is 14.9. The summed E-state index contributed by atoms with van der Waals surface area (Å²) in [6, 6.07) is 10.8. The minimum atomic E-state index is 1.13. The number of hydrogen-bond acceptors (Lipinski definition) is 3. The monoisotopic (exact) mass is 309 g/mol. The van der Waals surface area contributed by atoms with Crippen molar-refractivity contribution in [2.24, 2.45) is 0 Å². The van der Waals surface area contributed by atoms with Crippen molar-refractivity contribution in [2.75, 3.05) is 24.5 Å². The number of benzene rings is 2. The fraction of sp³-hybridized carbons (Fsp3) is 0.400. The van der Waals surface area contributed by atoms with Crippen LogP contribution in [-0.4, -0.2) is 19.2 Å². The lowest BCUT2D eigenvalue weighted by Gasteiger charge is -2.23. The first-order valence-corrected chi connectivity index (χ1v) is 8.51. The van der Waals surface area contributed by atoms with Gasteiger partial charge in [0.15, 0.2) is 0 Å². The first kappa shape index (κ1) is 15.9. The van der Waals surface area contributed by atoms with Crippen LogP contribution >= 0.6 is 0 Å². The van der Waals surface area contributed by atoms with Gasteiger partial charge in [-0.2, -0.15) is 0 Å². The molecule has 1 aliphatic heterocycles. The number of fused-ring (bicyclic) bond motifs is 1. The van der Waals surface area contributed by atoms with Crippen molar-refractivity contribution >= 4 is 11.4 Å². The minimum absolute atomic E-state index is 1.13. The Morgan fingerprint density at radius 1 is 1.00 bits per heavy atom. The van der Waals surface area contributed by atoms with Gasteiger partial charge in [0, 0.05) is 19.7 Å². The predicted octanol–water partition coefficient (Wildman–Crippen LogP) is 4.94. The van der Waals surface area contributed by atoms with Crippen molar-refractivity contribution in [1.82, 2.24) is 5.12 Å². The van der Waals surface area contributed by atoms with E-state index in [1.165, 1.54) is 52.0 Å². The third kappa shape index (κ3) is 2.59. The van der Waals surface area contributed by atoms with Crippen LogP contribution in [0, 0.1) is 13.8 Å². The van der Waals surface area contributed by atoms with Gasteiger partial charge >= 0.3 is 0 Å². The molecule has 3 heteroatoms. The average molecular weight is 309 g/mol. The molecule has 0 saturated carbocycles. The van der Waals surface area contributed by atoms with E-state index in [-0.39, 0.29) is 0 Å². The molecular weight excluding hydrogens is 282 g/mol. The third-order valence-electron chi connectivity index (χ3n) is 5.05. The Bertz CT molecular complexity index is 707. The molecule has 0 spiro atoms. The van der Waals surface area contributed by atoms with Gasteiger partial charge in [-0.3, -0.25) is 10.4 Å². The normalized spacial score (nSPS) is 14.0. The molecule has 1 N–H and O–H groups in total. The molecule has 122 valence electrons. The summed E-state index contributed by atoms with van der Waals surface area (Å²) in [4.78, 5) is 0. The third-order valence-corrected chi connectivity index (χ3v) is 5.05. The molecule has 2 aromatic rings. The maximum Gasteiger partial charge on any atom is 0.0839 e. The van der Waals surface area contributed by atoms with E-state index in [0.717, 1.165) is 6.42 Å². The summed E-state index contributed by atoms with van der Waals surface area (Å²) in [5.41, 5.74) is 13.1. The van der Waals surface area contributed by atoms with E-state index in [4.69, 9.17) is 0 Å². The molecule has 1 heterocycles. The number of hydrogen-bond donors (Lipinski definition) is 1. The second kappa shape index (κ2) is 6.25. The van der Waals surface area contributed by atoms with E-state index in [1.54, 1.807) is 0 Å². The lowest BCUT2D eigenvalue weighted by atomic mass is 9.87. The zero-order valence-electron chi connectivity index (χ0n) is 14.9. The Hall–Kier alpha value is -2.00. The topological polar surface area (TPSA) is 18.5 Å². The van der Waals surface area contributed by atoms with E-state index in [2.05, 4.69) is 80.8 Å². The molecular formula is C20H27N3. The molecule has 0 amide bonds. The van der Waals surface area contributed by atoms with Crippen molar-refractivity contribution < 1.29 is 0 Å². The van der Waals surface area contributed by atoms with Crippen LogP contribution in [0.2, 0.25) is 0 Å². The van der Waals surface area contributed by atoms with Crippen LogP contribution in [0.4, 0.5) is 11.4 Å². The second-order valence-electron chi connectivity index (χ2n) is 6.46. The Balaban J connectivity index is 2.29. The van der Waals surface area contributed by atoms with Gasteiger partial charge in [-0.1, -0.05) is 43.7 Å². The molecule has 3 nitrogen and oxygen atoms in total. The summed E-state index contributed by atoms with van der Waals surface area (Å²) in [6.07, 6.45) is 3.58. The largest absolute Gasteiger partial charge is 0.299 e. The number of rotatable bonds is 4. The molecule has 0 atom stereocenters.